The van der Waals surface area contributed by atoms with Crippen LogP contribution in [0.3, 0.4) is 0 Å². The molecule has 26 heavy (non-hydrogen) atoms. The fraction of sp³-hybridized carbons (Fsp3) is 0.438. The highest BCUT2D eigenvalue weighted by Gasteiger charge is 2.30. The van der Waals surface area contributed by atoms with Gasteiger partial charge in [0.25, 0.3) is 0 Å². The molecular weight excluding hydrogens is 354 g/mol. The van der Waals surface area contributed by atoms with Crippen LogP contribution in [-0.2, 0) is 17.1 Å². The Morgan fingerprint density at radius 2 is 2.04 bits per heavy atom. The minimum Gasteiger partial charge on any atom is -0.365 e. The van der Waals surface area contributed by atoms with Crippen LogP contribution < -0.4 is 5.32 Å². The first-order valence-corrected chi connectivity index (χ1v) is 9.94. The van der Waals surface area contributed by atoms with Crippen LogP contribution in [0.25, 0.3) is 5.52 Å². The van der Waals surface area contributed by atoms with Crippen molar-refractivity contribution >= 4 is 21.4 Å². The van der Waals surface area contributed by atoms with Crippen molar-refractivity contribution in [3.05, 3.63) is 36.5 Å². The van der Waals surface area contributed by atoms with E-state index in [0.717, 1.165) is 29.9 Å². The van der Waals surface area contributed by atoms with Crippen molar-refractivity contribution in [2.75, 3.05) is 18.4 Å². The summed E-state index contributed by atoms with van der Waals surface area (Å²) in [5.41, 5.74) is 1.86. The monoisotopic (exact) mass is 375 g/mol. The summed E-state index contributed by atoms with van der Waals surface area (Å²) in [7, 11) is -1.77. The molecule has 0 amide bonds. The Balaban J connectivity index is 1.45. The molecule has 0 saturated carbocycles. The number of aryl methyl sites for hydroxylation is 2. The zero-order valence-electron chi connectivity index (χ0n) is 14.7. The first-order valence-electron chi connectivity index (χ1n) is 8.50. The number of anilines is 1. The molecule has 1 aliphatic rings. The summed E-state index contributed by atoms with van der Waals surface area (Å²) < 4.78 is 30.2. The van der Waals surface area contributed by atoms with E-state index >= 15 is 0 Å². The Hall–Kier alpha value is -2.46. The van der Waals surface area contributed by atoms with Gasteiger partial charge >= 0.3 is 0 Å². The van der Waals surface area contributed by atoms with Crippen LogP contribution in [0.5, 0.6) is 0 Å². The maximum atomic E-state index is 12.7. The van der Waals surface area contributed by atoms with Crippen molar-refractivity contribution in [2.24, 2.45) is 7.05 Å². The first-order chi connectivity index (χ1) is 12.4. The molecule has 1 aliphatic heterocycles. The van der Waals surface area contributed by atoms with Gasteiger partial charge in [0.1, 0.15) is 10.4 Å². The molecule has 0 unspecified atom stereocenters. The van der Waals surface area contributed by atoms with Crippen molar-refractivity contribution in [3.63, 3.8) is 0 Å². The number of hydrogen-bond donors (Lipinski definition) is 1. The topological polar surface area (TPSA) is 97.4 Å². The Kier molecular flexibility index (Phi) is 4.16. The van der Waals surface area contributed by atoms with Gasteiger partial charge in [-0.15, -0.1) is 0 Å². The molecule has 0 radical (unpaired) electrons. The number of nitrogens with one attached hydrogen (secondary N) is 1. The molecule has 138 valence electrons. The molecule has 10 heteroatoms. The molecule has 9 nitrogen and oxygen atoms in total. The van der Waals surface area contributed by atoms with Gasteiger partial charge in [-0.1, -0.05) is 0 Å². The highest BCUT2D eigenvalue weighted by molar-refractivity contribution is 7.89. The van der Waals surface area contributed by atoms with Gasteiger partial charge < -0.3 is 5.32 Å². The number of sulfonamides is 1. The van der Waals surface area contributed by atoms with Crippen molar-refractivity contribution < 1.29 is 8.42 Å². The third kappa shape index (κ3) is 3.06. The number of fused-ring (bicyclic) bond motifs is 1. The number of rotatable bonds is 4. The summed E-state index contributed by atoms with van der Waals surface area (Å²) in [6.07, 6.45) is 7.89. The van der Waals surface area contributed by atoms with Crippen LogP contribution in [0.2, 0.25) is 0 Å². The van der Waals surface area contributed by atoms with E-state index < -0.39 is 10.0 Å². The summed E-state index contributed by atoms with van der Waals surface area (Å²) in [4.78, 5) is 4.66. The van der Waals surface area contributed by atoms with Crippen molar-refractivity contribution in [1.82, 2.24) is 28.7 Å². The molecule has 1 saturated heterocycles. The average Bonchev–Trinajstić information content (AvgIpc) is 3.21. The summed E-state index contributed by atoms with van der Waals surface area (Å²) in [6, 6.07) is 2.15. The third-order valence-corrected chi connectivity index (χ3v) is 6.48. The summed E-state index contributed by atoms with van der Waals surface area (Å²) in [5, 5.41) is 11.8. The zero-order chi connectivity index (χ0) is 18.3. The molecule has 1 N–H and O–H groups in total. The second-order valence-electron chi connectivity index (χ2n) is 6.56. The smallest absolute Gasteiger partial charge is 0.246 e. The van der Waals surface area contributed by atoms with Gasteiger partial charge in [-0.2, -0.15) is 14.5 Å². The molecule has 0 aliphatic carbocycles. The van der Waals surface area contributed by atoms with E-state index in [9.17, 15) is 8.42 Å². The van der Waals surface area contributed by atoms with Gasteiger partial charge in [-0.3, -0.25) is 4.68 Å². The van der Waals surface area contributed by atoms with Crippen LogP contribution in [0.15, 0.2) is 35.7 Å². The van der Waals surface area contributed by atoms with Gasteiger partial charge in [0.15, 0.2) is 5.82 Å². The standard InChI is InChI=1S/C16H21N7O2S/c1-12-9-15-16(17-5-8-23(15)20-12)19-13-3-6-22(7-4-13)26(24,25)14-10-18-21(2)11-14/h5,8-11,13H,3-4,6-7H2,1-2H3,(H,17,19). The average molecular weight is 375 g/mol. The van der Waals surface area contributed by atoms with Crippen LogP contribution in [0.1, 0.15) is 18.5 Å². The van der Waals surface area contributed by atoms with Crippen LogP contribution in [0, 0.1) is 6.92 Å². The molecule has 0 aromatic carbocycles. The van der Waals surface area contributed by atoms with E-state index in [1.807, 2.05) is 19.2 Å². The molecular formula is C16H21N7O2S. The van der Waals surface area contributed by atoms with Gasteiger partial charge in [-0.05, 0) is 25.8 Å². The van der Waals surface area contributed by atoms with Crippen molar-refractivity contribution in [1.29, 1.82) is 0 Å². The van der Waals surface area contributed by atoms with Crippen molar-refractivity contribution in [2.45, 2.75) is 30.7 Å². The highest BCUT2D eigenvalue weighted by Crippen LogP contribution is 2.23. The Morgan fingerprint density at radius 1 is 1.27 bits per heavy atom. The van der Waals surface area contributed by atoms with Gasteiger partial charge in [-0.25, -0.2) is 17.9 Å². The lowest BCUT2D eigenvalue weighted by Gasteiger charge is -2.31. The maximum Gasteiger partial charge on any atom is 0.246 e. The molecule has 0 spiro atoms. The van der Waals surface area contributed by atoms with E-state index in [2.05, 4.69) is 20.5 Å². The largest absolute Gasteiger partial charge is 0.365 e. The predicted octanol–water partition coefficient (Wildman–Crippen LogP) is 1.04. The van der Waals surface area contributed by atoms with E-state index in [-0.39, 0.29) is 10.9 Å². The normalized spacial score (nSPS) is 17.0. The molecule has 3 aromatic heterocycles. The molecule has 3 aromatic rings. The zero-order valence-corrected chi connectivity index (χ0v) is 15.5. The summed E-state index contributed by atoms with van der Waals surface area (Å²) in [6.45, 7) is 2.88. The first kappa shape index (κ1) is 17.0. The van der Waals surface area contributed by atoms with E-state index in [0.29, 0.717) is 13.1 Å². The Morgan fingerprint density at radius 3 is 2.73 bits per heavy atom. The predicted molar refractivity (Wildman–Crippen MR) is 96.3 cm³/mol. The van der Waals surface area contributed by atoms with Crippen LogP contribution in [-0.4, -0.2) is 56.2 Å². The number of hydrogen-bond acceptors (Lipinski definition) is 6. The molecule has 1 fully saturated rings. The van der Waals surface area contributed by atoms with Gasteiger partial charge in [0.05, 0.1) is 11.9 Å². The van der Waals surface area contributed by atoms with Crippen molar-refractivity contribution in [3.8, 4) is 0 Å². The quantitative estimate of drug-likeness (QED) is 0.732. The van der Waals surface area contributed by atoms with Gasteiger partial charge in [0, 0.05) is 44.8 Å². The second-order valence-corrected chi connectivity index (χ2v) is 8.50. The summed E-state index contributed by atoms with van der Waals surface area (Å²) in [5.74, 6) is 0.779. The number of piperidine rings is 1. The highest BCUT2D eigenvalue weighted by atomic mass is 32.2. The van der Waals surface area contributed by atoms with E-state index in [1.54, 1.807) is 17.8 Å². The molecule has 4 heterocycles. The lowest BCUT2D eigenvalue weighted by Crippen LogP contribution is -2.42. The fourth-order valence-electron chi connectivity index (χ4n) is 3.27. The van der Waals surface area contributed by atoms with E-state index in [4.69, 9.17) is 0 Å². The van der Waals surface area contributed by atoms with Crippen LogP contribution in [0.4, 0.5) is 5.82 Å². The fourth-order valence-corrected chi connectivity index (χ4v) is 4.73. The lowest BCUT2D eigenvalue weighted by molar-refractivity contribution is 0.329. The Labute approximate surface area is 151 Å². The summed E-state index contributed by atoms with van der Waals surface area (Å²) >= 11 is 0. The lowest BCUT2D eigenvalue weighted by atomic mass is 10.1. The van der Waals surface area contributed by atoms with Crippen LogP contribution >= 0.6 is 0 Å². The molecule has 4 rings (SSSR count). The van der Waals surface area contributed by atoms with Gasteiger partial charge in [0.2, 0.25) is 10.0 Å². The SMILES string of the molecule is Cc1cc2c(NC3CCN(S(=O)(=O)c4cnn(C)c4)CC3)nccn2n1. The Bertz CT molecular complexity index is 1030. The third-order valence-electron chi connectivity index (χ3n) is 4.63. The number of aromatic nitrogens is 5. The maximum absolute atomic E-state index is 12.7. The minimum absolute atomic E-state index is 0.171. The minimum atomic E-state index is -3.48. The number of nitrogens with zero attached hydrogens (tertiary/aromatic N) is 6. The van der Waals surface area contributed by atoms with E-state index in [1.165, 1.54) is 21.4 Å². The molecule has 0 bridgehead atoms. The molecule has 0 atom stereocenters. The second kappa shape index (κ2) is 6.36.